The summed E-state index contributed by atoms with van der Waals surface area (Å²) in [5.74, 6) is -0.222. The molecule has 1 aliphatic rings. The smallest absolute Gasteiger partial charge is 0.254 e. The number of rotatable bonds is 3. The molecule has 0 saturated carbocycles. The summed E-state index contributed by atoms with van der Waals surface area (Å²) < 4.78 is 0. The molecule has 2 rings (SSSR count). The summed E-state index contributed by atoms with van der Waals surface area (Å²) in [6.07, 6.45) is 3.72. The van der Waals surface area contributed by atoms with Crippen molar-refractivity contribution in [2.24, 2.45) is 0 Å². The summed E-state index contributed by atoms with van der Waals surface area (Å²) in [5, 5.41) is 3.06. The van der Waals surface area contributed by atoms with Gasteiger partial charge in [0.05, 0.1) is 17.4 Å². The Balaban J connectivity index is 1.97. The van der Waals surface area contributed by atoms with Crippen molar-refractivity contribution in [2.75, 3.05) is 25.9 Å². The maximum Gasteiger partial charge on any atom is 0.254 e. The Morgan fingerprint density at radius 3 is 3.17 bits per heavy atom. The molecule has 1 fully saturated rings. The first-order valence-corrected chi connectivity index (χ1v) is 6.35. The molecular weight excluding hydrogens is 252 g/mol. The van der Waals surface area contributed by atoms with Crippen molar-refractivity contribution >= 4 is 23.2 Å². The first-order valence-electron chi connectivity index (χ1n) is 5.97. The van der Waals surface area contributed by atoms with Crippen molar-refractivity contribution in [2.45, 2.75) is 18.9 Å². The Bertz CT molecular complexity index is 452. The normalized spacial score (nSPS) is 20.0. The Kier molecular flexibility index (Phi) is 4.04. The monoisotopic (exact) mass is 268 g/mol. The third kappa shape index (κ3) is 2.91. The van der Waals surface area contributed by atoms with Crippen molar-refractivity contribution in [3.05, 3.63) is 23.0 Å². The maximum atomic E-state index is 12.0. The molecule has 0 aromatic carbocycles. The van der Waals surface area contributed by atoms with Gasteiger partial charge in [-0.3, -0.25) is 4.79 Å². The number of nitrogens with two attached hydrogens (primary N) is 1. The van der Waals surface area contributed by atoms with Crippen LogP contribution in [0, 0.1) is 0 Å². The Labute approximate surface area is 111 Å². The van der Waals surface area contributed by atoms with Crippen LogP contribution in [0.5, 0.6) is 0 Å². The van der Waals surface area contributed by atoms with E-state index in [1.807, 2.05) is 0 Å². The van der Waals surface area contributed by atoms with Gasteiger partial charge in [-0.2, -0.15) is 0 Å². The molecule has 18 heavy (non-hydrogen) atoms. The molecule has 0 aliphatic carbocycles. The van der Waals surface area contributed by atoms with E-state index in [2.05, 4.69) is 22.2 Å². The molecule has 1 atom stereocenters. The third-order valence-electron chi connectivity index (χ3n) is 3.27. The van der Waals surface area contributed by atoms with E-state index in [4.69, 9.17) is 17.3 Å². The fourth-order valence-electron chi connectivity index (χ4n) is 2.17. The number of hydrogen-bond donors (Lipinski definition) is 2. The number of pyridine rings is 1. The number of aromatic nitrogens is 1. The number of halogens is 1. The van der Waals surface area contributed by atoms with Gasteiger partial charge >= 0.3 is 0 Å². The highest BCUT2D eigenvalue weighted by Crippen LogP contribution is 2.16. The van der Waals surface area contributed by atoms with E-state index in [0.29, 0.717) is 23.8 Å². The topological polar surface area (TPSA) is 71.2 Å². The third-order valence-corrected chi connectivity index (χ3v) is 3.58. The van der Waals surface area contributed by atoms with Gasteiger partial charge in [-0.05, 0) is 32.5 Å². The van der Waals surface area contributed by atoms with Crippen molar-refractivity contribution < 1.29 is 4.79 Å². The zero-order valence-electron chi connectivity index (χ0n) is 10.3. The fraction of sp³-hybridized carbons (Fsp3) is 0.500. The molecule has 1 amide bonds. The second kappa shape index (κ2) is 5.54. The molecule has 0 bridgehead atoms. The lowest BCUT2D eigenvalue weighted by Gasteiger charge is -2.19. The molecule has 1 aromatic heterocycles. The first-order chi connectivity index (χ1) is 8.58. The van der Waals surface area contributed by atoms with Gasteiger partial charge in [0.1, 0.15) is 5.15 Å². The second-order valence-corrected chi connectivity index (χ2v) is 4.95. The van der Waals surface area contributed by atoms with Gasteiger partial charge < -0.3 is 16.0 Å². The molecule has 2 heterocycles. The molecule has 98 valence electrons. The number of amides is 1. The van der Waals surface area contributed by atoms with Crippen LogP contribution >= 0.6 is 11.6 Å². The van der Waals surface area contributed by atoms with Gasteiger partial charge in [0.15, 0.2) is 0 Å². The highest BCUT2D eigenvalue weighted by molar-refractivity contribution is 6.32. The van der Waals surface area contributed by atoms with Crippen LogP contribution in [0.4, 0.5) is 5.69 Å². The van der Waals surface area contributed by atoms with Crippen LogP contribution in [0.2, 0.25) is 5.15 Å². The largest absolute Gasteiger partial charge is 0.397 e. The molecule has 0 radical (unpaired) electrons. The van der Waals surface area contributed by atoms with Gasteiger partial charge in [-0.1, -0.05) is 11.6 Å². The minimum absolute atomic E-state index is 0.182. The predicted octanol–water partition coefficient (Wildman–Crippen LogP) is 1.14. The number of likely N-dealkylation sites (tertiary alicyclic amines) is 1. The Morgan fingerprint density at radius 2 is 2.50 bits per heavy atom. The number of carbonyl (C=O) groups excluding carboxylic acids is 1. The average molecular weight is 269 g/mol. The minimum Gasteiger partial charge on any atom is -0.397 e. The van der Waals surface area contributed by atoms with Crippen LogP contribution < -0.4 is 11.1 Å². The maximum absolute atomic E-state index is 12.0. The van der Waals surface area contributed by atoms with E-state index in [1.54, 1.807) is 6.07 Å². The molecule has 3 N–H and O–H groups in total. The number of carbonyl (C=O) groups is 1. The van der Waals surface area contributed by atoms with Gasteiger partial charge in [-0.15, -0.1) is 0 Å². The standard InChI is InChI=1S/C12H17ClN4O/c1-17-4-2-3-9(17)7-16-12(18)10-5-8(14)6-15-11(10)13/h5-6,9H,2-4,7,14H2,1H3,(H,16,18). The van der Waals surface area contributed by atoms with Crippen LogP contribution in [-0.2, 0) is 0 Å². The summed E-state index contributed by atoms with van der Waals surface area (Å²) in [5.41, 5.74) is 6.36. The predicted molar refractivity (Wildman–Crippen MR) is 71.6 cm³/mol. The highest BCUT2D eigenvalue weighted by Gasteiger charge is 2.22. The van der Waals surface area contributed by atoms with Gasteiger partial charge in [0, 0.05) is 12.6 Å². The summed E-state index contributed by atoms with van der Waals surface area (Å²) in [6.45, 7) is 1.71. The Hall–Kier alpha value is -1.33. The number of hydrogen-bond acceptors (Lipinski definition) is 4. The summed E-state index contributed by atoms with van der Waals surface area (Å²) >= 11 is 5.88. The molecule has 1 aliphatic heterocycles. The van der Waals surface area contributed by atoms with Crippen LogP contribution in [0.25, 0.3) is 0 Å². The SMILES string of the molecule is CN1CCCC1CNC(=O)c1cc(N)cnc1Cl. The number of likely N-dealkylation sites (N-methyl/N-ethyl adjacent to an activating group) is 1. The van der Waals surface area contributed by atoms with E-state index in [0.717, 1.165) is 13.0 Å². The van der Waals surface area contributed by atoms with Gasteiger partial charge in [-0.25, -0.2) is 4.98 Å². The summed E-state index contributed by atoms with van der Waals surface area (Å²) in [7, 11) is 2.07. The number of nitrogens with zero attached hydrogens (tertiary/aromatic N) is 2. The quantitative estimate of drug-likeness (QED) is 0.807. The van der Waals surface area contributed by atoms with Crippen LogP contribution in [0.15, 0.2) is 12.3 Å². The zero-order valence-corrected chi connectivity index (χ0v) is 11.1. The van der Waals surface area contributed by atoms with E-state index in [1.165, 1.54) is 12.6 Å². The van der Waals surface area contributed by atoms with Crippen molar-refractivity contribution in [1.29, 1.82) is 0 Å². The van der Waals surface area contributed by atoms with E-state index >= 15 is 0 Å². The van der Waals surface area contributed by atoms with Crippen molar-refractivity contribution in [1.82, 2.24) is 15.2 Å². The minimum atomic E-state index is -0.222. The molecule has 6 heteroatoms. The lowest BCUT2D eigenvalue weighted by atomic mass is 10.2. The van der Waals surface area contributed by atoms with Crippen molar-refractivity contribution in [3.63, 3.8) is 0 Å². The number of nitrogen functional groups attached to an aromatic ring is 1. The molecule has 5 nitrogen and oxygen atoms in total. The zero-order chi connectivity index (χ0) is 13.1. The molecule has 0 spiro atoms. The summed E-state index contributed by atoms with van der Waals surface area (Å²) in [4.78, 5) is 18.1. The number of anilines is 1. The van der Waals surface area contributed by atoms with Crippen molar-refractivity contribution in [3.8, 4) is 0 Å². The van der Waals surface area contributed by atoms with E-state index in [9.17, 15) is 4.79 Å². The molecule has 1 aromatic rings. The van der Waals surface area contributed by atoms with Gasteiger partial charge in [0.25, 0.3) is 5.91 Å². The van der Waals surface area contributed by atoms with E-state index in [-0.39, 0.29) is 11.1 Å². The lowest BCUT2D eigenvalue weighted by molar-refractivity contribution is 0.0943. The fourth-order valence-corrected chi connectivity index (χ4v) is 2.36. The molecule has 1 saturated heterocycles. The number of nitrogens with one attached hydrogen (secondary N) is 1. The van der Waals surface area contributed by atoms with Crippen LogP contribution in [-0.4, -0.2) is 42.0 Å². The van der Waals surface area contributed by atoms with Crippen LogP contribution in [0.1, 0.15) is 23.2 Å². The van der Waals surface area contributed by atoms with Gasteiger partial charge in [0.2, 0.25) is 0 Å². The second-order valence-electron chi connectivity index (χ2n) is 4.59. The Morgan fingerprint density at radius 1 is 1.72 bits per heavy atom. The molecule has 1 unspecified atom stereocenters. The average Bonchev–Trinajstić information content (AvgIpc) is 2.75. The highest BCUT2D eigenvalue weighted by atomic mass is 35.5. The molecular formula is C12H17ClN4O. The van der Waals surface area contributed by atoms with Crippen LogP contribution in [0.3, 0.4) is 0 Å². The lowest BCUT2D eigenvalue weighted by Crippen LogP contribution is -2.38. The first kappa shape index (κ1) is 13.1. The van der Waals surface area contributed by atoms with E-state index < -0.39 is 0 Å². The summed E-state index contributed by atoms with van der Waals surface area (Å²) in [6, 6.07) is 1.95.